The molecule has 2 aromatic heterocycles. The Bertz CT molecular complexity index is 2040. The highest BCUT2D eigenvalue weighted by atomic mass is 16.5. The number of carbonyl (C=O) groups is 3. The first-order valence-electron chi connectivity index (χ1n) is 16.8. The molecule has 3 saturated heterocycles. The van der Waals surface area contributed by atoms with Crippen molar-refractivity contribution in [3.63, 3.8) is 0 Å². The van der Waals surface area contributed by atoms with Crippen LogP contribution in [0.2, 0.25) is 0 Å². The topological polar surface area (TPSA) is 118 Å². The highest BCUT2D eigenvalue weighted by Gasteiger charge is 2.46. The van der Waals surface area contributed by atoms with Crippen molar-refractivity contribution in [2.24, 2.45) is 12.5 Å². The third kappa shape index (κ3) is 5.25. The average Bonchev–Trinajstić information content (AvgIpc) is 3.71. The van der Waals surface area contributed by atoms with Gasteiger partial charge < -0.3 is 28.2 Å². The van der Waals surface area contributed by atoms with E-state index in [2.05, 4.69) is 21.2 Å². The van der Waals surface area contributed by atoms with Crippen molar-refractivity contribution in [1.82, 2.24) is 24.1 Å². The van der Waals surface area contributed by atoms with Crippen molar-refractivity contribution in [3.05, 3.63) is 81.9 Å². The van der Waals surface area contributed by atoms with E-state index >= 15 is 0 Å². The number of piperidine rings is 2. The molecule has 0 aliphatic carbocycles. The van der Waals surface area contributed by atoms with E-state index in [1.165, 1.54) is 0 Å². The number of benzene rings is 2. The first-order valence-corrected chi connectivity index (χ1v) is 16.8. The summed E-state index contributed by atoms with van der Waals surface area (Å²) < 4.78 is 15.3. The molecule has 12 nitrogen and oxygen atoms in total. The Morgan fingerprint density at radius 3 is 2.39 bits per heavy atom. The number of fused-ring (bicyclic) bond motifs is 2. The van der Waals surface area contributed by atoms with E-state index in [4.69, 9.17) is 9.47 Å². The molecule has 12 heteroatoms. The number of rotatable bonds is 7. The molecule has 8 rings (SSSR count). The van der Waals surface area contributed by atoms with Crippen LogP contribution < -0.4 is 25.2 Å². The van der Waals surface area contributed by atoms with Gasteiger partial charge in [0, 0.05) is 74.3 Å². The molecule has 3 fully saturated rings. The van der Waals surface area contributed by atoms with Crippen molar-refractivity contribution >= 4 is 28.9 Å². The summed E-state index contributed by atoms with van der Waals surface area (Å²) in [6, 6.07) is 13.2. The number of methoxy groups -OCH3 is 2. The summed E-state index contributed by atoms with van der Waals surface area (Å²) in [7, 11) is 5.13. The van der Waals surface area contributed by atoms with Crippen LogP contribution in [-0.2, 0) is 29.7 Å². The second kappa shape index (κ2) is 11.8. The van der Waals surface area contributed by atoms with E-state index < -0.39 is 6.04 Å². The zero-order valence-electron chi connectivity index (χ0n) is 28.0. The largest absolute Gasteiger partial charge is 0.496 e. The highest BCUT2D eigenvalue weighted by Crippen LogP contribution is 2.45. The Labute approximate surface area is 283 Å². The summed E-state index contributed by atoms with van der Waals surface area (Å²) in [5.41, 5.74) is 6.19. The van der Waals surface area contributed by atoms with Gasteiger partial charge >= 0.3 is 0 Å². The number of amides is 3. The number of ether oxygens (including phenoxy) is 2. The number of aromatic nitrogens is 2. The number of anilines is 1. The van der Waals surface area contributed by atoms with E-state index in [-0.39, 0.29) is 35.1 Å². The summed E-state index contributed by atoms with van der Waals surface area (Å²) in [4.78, 5) is 56.4. The zero-order valence-corrected chi connectivity index (χ0v) is 28.0. The maximum absolute atomic E-state index is 13.3. The molecule has 4 aliphatic heterocycles. The smallest absolute Gasteiger partial charge is 0.274 e. The highest BCUT2D eigenvalue weighted by molar-refractivity contribution is 6.05. The monoisotopic (exact) mass is 664 g/mol. The molecular formula is C37H40N6O6. The van der Waals surface area contributed by atoms with Gasteiger partial charge in [-0.2, -0.15) is 0 Å². The molecule has 0 saturated carbocycles. The Hall–Kier alpha value is -5.10. The Balaban J connectivity index is 0.925. The van der Waals surface area contributed by atoms with Crippen molar-refractivity contribution in [2.45, 2.75) is 44.8 Å². The minimum Gasteiger partial charge on any atom is -0.496 e. The summed E-state index contributed by atoms with van der Waals surface area (Å²) in [5.74, 6) is 0.696. The van der Waals surface area contributed by atoms with Crippen LogP contribution in [-0.4, -0.2) is 82.9 Å². The summed E-state index contributed by atoms with van der Waals surface area (Å²) in [6.07, 6.45) is 6.49. The molecule has 1 atom stereocenters. The molecule has 0 radical (unpaired) electrons. The number of likely N-dealkylation sites (tertiary alicyclic amines) is 1. The number of hydrogen-bond acceptors (Lipinski definition) is 8. The third-order valence-corrected chi connectivity index (χ3v) is 11.0. The van der Waals surface area contributed by atoms with Gasteiger partial charge in [-0.25, -0.2) is 0 Å². The predicted molar refractivity (Wildman–Crippen MR) is 183 cm³/mol. The summed E-state index contributed by atoms with van der Waals surface area (Å²) >= 11 is 0. The Kier molecular flexibility index (Phi) is 7.51. The van der Waals surface area contributed by atoms with Crippen molar-refractivity contribution in [1.29, 1.82) is 0 Å². The van der Waals surface area contributed by atoms with Gasteiger partial charge in [-0.15, -0.1) is 0 Å². The second-order valence-corrected chi connectivity index (χ2v) is 13.9. The lowest BCUT2D eigenvalue weighted by atomic mass is 9.71. The normalized spacial score (nSPS) is 20.5. The molecule has 3 amide bonds. The van der Waals surface area contributed by atoms with E-state index in [0.717, 1.165) is 78.6 Å². The average molecular weight is 665 g/mol. The lowest BCUT2D eigenvalue weighted by Crippen LogP contribution is -2.60. The van der Waals surface area contributed by atoms with Crippen LogP contribution in [0.4, 0.5) is 5.69 Å². The standard InChI is InChI=1S/C37H40N6O6/c1-39-20-30(42-12-4-5-29(42)36(39)47)24-15-31(48-2)27(32(16-24)49-3)19-40-13-10-37(11-14-40)21-41(22-37)25-7-6-23-18-43(35(46)26(23)17-25)28-8-9-33(44)38-34(28)45/h4-7,12,15-17,20,28H,8-11,13-14,18-19,21-22H2,1-3H3,(H,38,44,45). The van der Waals surface area contributed by atoms with Crippen LogP contribution in [0.25, 0.3) is 16.8 Å². The summed E-state index contributed by atoms with van der Waals surface area (Å²) in [5, 5.41) is 2.37. The Morgan fingerprint density at radius 1 is 0.959 bits per heavy atom. The van der Waals surface area contributed by atoms with Crippen LogP contribution in [0.1, 0.15) is 47.2 Å². The van der Waals surface area contributed by atoms with Gasteiger partial charge in [-0.3, -0.25) is 29.4 Å². The van der Waals surface area contributed by atoms with Gasteiger partial charge in [-0.1, -0.05) is 6.07 Å². The minimum absolute atomic E-state index is 0.0532. The quantitative estimate of drug-likeness (QED) is 0.300. The fourth-order valence-corrected chi connectivity index (χ4v) is 8.16. The Morgan fingerprint density at radius 2 is 1.69 bits per heavy atom. The lowest BCUT2D eigenvalue weighted by molar-refractivity contribution is -0.136. The predicted octanol–water partition coefficient (Wildman–Crippen LogP) is 3.19. The number of nitrogens with one attached hydrogen (secondary N) is 1. The van der Waals surface area contributed by atoms with Crippen molar-refractivity contribution in [2.75, 3.05) is 45.3 Å². The van der Waals surface area contributed by atoms with Crippen LogP contribution in [0, 0.1) is 5.41 Å². The molecular weight excluding hydrogens is 624 g/mol. The van der Waals surface area contributed by atoms with E-state index in [1.54, 1.807) is 30.7 Å². The second-order valence-electron chi connectivity index (χ2n) is 13.9. The first kappa shape index (κ1) is 31.2. The number of aryl methyl sites for hydroxylation is 1. The molecule has 4 aromatic rings. The van der Waals surface area contributed by atoms with Gasteiger partial charge in [-0.05, 0) is 74.3 Å². The van der Waals surface area contributed by atoms with Gasteiger partial charge in [0.1, 0.15) is 23.1 Å². The number of carbonyl (C=O) groups excluding carboxylic acids is 3. The van der Waals surface area contributed by atoms with Gasteiger partial charge in [0.15, 0.2) is 0 Å². The molecule has 1 spiro atoms. The maximum Gasteiger partial charge on any atom is 0.274 e. The van der Waals surface area contributed by atoms with Gasteiger partial charge in [0.25, 0.3) is 11.5 Å². The molecule has 254 valence electrons. The third-order valence-electron chi connectivity index (χ3n) is 11.0. The van der Waals surface area contributed by atoms with E-state index in [9.17, 15) is 19.2 Å². The zero-order chi connectivity index (χ0) is 34.0. The van der Waals surface area contributed by atoms with Crippen LogP contribution in [0.3, 0.4) is 0 Å². The molecule has 1 N–H and O–H groups in total. The van der Waals surface area contributed by atoms with Crippen LogP contribution >= 0.6 is 0 Å². The molecule has 49 heavy (non-hydrogen) atoms. The van der Waals surface area contributed by atoms with E-state index in [0.29, 0.717) is 30.6 Å². The van der Waals surface area contributed by atoms with Gasteiger partial charge in [0.05, 0.1) is 25.5 Å². The fourth-order valence-electron chi connectivity index (χ4n) is 8.16. The van der Waals surface area contributed by atoms with Crippen molar-refractivity contribution in [3.8, 4) is 22.8 Å². The minimum atomic E-state index is -0.604. The van der Waals surface area contributed by atoms with Crippen molar-refractivity contribution < 1.29 is 23.9 Å². The van der Waals surface area contributed by atoms with Crippen LogP contribution in [0.5, 0.6) is 11.5 Å². The lowest BCUT2D eigenvalue weighted by Gasteiger charge is -2.55. The molecule has 0 bridgehead atoms. The number of imide groups is 1. The SMILES string of the molecule is COc1cc(-c2cn(C)c(=O)c3cccn23)cc(OC)c1CN1CCC2(CC1)CN(c1ccc3c(c1)C(=O)N(C1CCC(=O)NC1=O)C3)C2. The van der Waals surface area contributed by atoms with Gasteiger partial charge in [0.2, 0.25) is 11.8 Å². The molecule has 1 unspecified atom stereocenters. The maximum atomic E-state index is 13.3. The fraction of sp³-hybridized carbons (Fsp3) is 0.405. The number of nitrogens with zero attached hydrogens (tertiary/aromatic N) is 5. The molecule has 6 heterocycles. The van der Waals surface area contributed by atoms with E-state index in [1.807, 2.05) is 53.2 Å². The first-order chi connectivity index (χ1) is 23.7. The summed E-state index contributed by atoms with van der Waals surface area (Å²) in [6.45, 7) is 4.89. The van der Waals surface area contributed by atoms with Crippen LogP contribution in [0.15, 0.2) is 59.7 Å². The molecule has 2 aromatic carbocycles. The number of hydrogen-bond donors (Lipinski definition) is 1. The molecule has 4 aliphatic rings.